The van der Waals surface area contributed by atoms with E-state index >= 15 is 0 Å². The maximum atomic E-state index is 12.2. The Kier molecular flexibility index (Phi) is 5.39. The van der Waals surface area contributed by atoms with Gasteiger partial charge in [0.05, 0.1) is 0 Å². The molecule has 0 bridgehead atoms. The summed E-state index contributed by atoms with van der Waals surface area (Å²) >= 11 is 0. The highest BCUT2D eigenvalue weighted by atomic mass is 16.4. The lowest BCUT2D eigenvalue weighted by Crippen LogP contribution is -2.46. The van der Waals surface area contributed by atoms with Crippen LogP contribution < -0.4 is 5.32 Å². The minimum absolute atomic E-state index is 0.140. The zero-order valence-corrected chi connectivity index (χ0v) is 12.5. The lowest BCUT2D eigenvalue weighted by molar-refractivity contribution is -0.151. The van der Waals surface area contributed by atoms with Crippen LogP contribution in [0.25, 0.3) is 0 Å². The number of carbonyl (C=O) groups is 2. The number of hydrogen-bond acceptors (Lipinski definition) is 2. The van der Waals surface area contributed by atoms with Gasteiger partial charge in [-0.3, -0.25) is 9.59 Å². The molecular formula is C15H27NO3. The van der Waals surface area contributed by atoms with Crippen molar-refractivity contribution in [2.24, 2.45) is 17.3 Å². The number of nitrogens with one attached hydrogen (secondary N) is 1. The van der Waals surface area contributed by atoms with E-state index in [-0.39, 0.29) is 11.9 Å². The van der Waals surface area contributed by atoms with Gasteiger partial charge in [0.15, 0.2) is 0 Å². The maximum absolute atomic E-state index is 12.2. The van der Waals surface area contributed by atoms with E-state index in [0.717, 1.165) is 25.7 Å². The summed E-state index contributed by atoms with van der Waals surface area (Å²) in [5.41, 5.74) is -0.562. The summed E-state index contributed by atoms with van der Waals surface area (Å²) in [7, 11) is 0. The van der Waals surface area contributed by atoms with Crippen LogP contribution in [0.4, 0.5) is 0 Å². The molecule has 1 rings (SSSR count). The molecule has 2 N–H and O–H groups in total. The summed E-state index contributed by atoms with van der Waals surface area (Å²) in [5, 5.41) is 12.2. The first kappa shape index (κ1) is 16.0. The molecule has 0 aliphatic heterocycles. The van der Waals surface area contributed by atoms with Crippen LogP contribution in [0.15, 0.2) is 0 Å². The van der Waals surface area contributed by atoms with Crippen molar-refractivity contribution in [3.05, 3.63) is 0 Å². The van der Waals surface area contributed by atoms with Gasteiger partial charge in [0.1, 0.15) is 5.92 Å². The lowest BCUT2D eigenvalue weighted by Gasteiger charge is -2.28. The van der Waals surface area contributed by atoms with Gasteiger partial charge in [-0.05, 0) is 30.6 Å². The summed E-state index contributed by atoms with van der Waals surface area (Å²) in [6, 6.07) is 0.140. The Hall–Kier alpha value is -1.06. The molecule has 110 valence electrons. The Balaban J connectivity index is 2.64. The molecule has 1 aliphatic rings. The Labute approximate surface area is 116 Å². The van der Waals surface area contributed by atoms with Gasteiger partial charge in [-0.15, -0.1) is 0 Å². The monoisotopic (exact) mass is 269 g/mol. The molecule has 19 heavy (non-hydrogen) atoms. The van der Waals surface area contributed by atoms with Crippen LogP contribution in [-0.4, -0.2) is 23.0 Å². The van der Waals surface area contributed by atoms with Gasteiger partial charge in [0.25, 0.3) is 0 Å². The van der Waals surface area contributed by atoms with Crippen LogP contribution in [0.5, 0.6) is 0 Å². The molecule has 0 spiro atoms. The first-order valence-electron chi connectivity index (χ1n) is 7.25. The largest absolute Gasteiger partial charge is 0.481 e. The Morgan fingerprint density at radius 2 is 1.79 bits per heavy atom. The van der Waals surface area contributed by atoms with Gasteiger partial charge in [0.2, 0.25) is 5.91 Å². The van der Waals surface area contributed by atoms with E-state index in [1.54, 1.807) is 20.8 Å². The molecule has 0 aromatic carbocycles. The molecule has 0 radical (unpaired) electrons. The van der Waals surface area contributed by atoms with E-state index in [4.69, 9.17) is 0 Å². The minimum atomic E-state index is -1.04. The van der Waals surface area contributed by atoms with Gasteiger partial charge in [-0.2, -0.15) is 0 Å². The average Bonchev–Trinajstić information content (AvgIpc) is 2.40. The number of hydrogen-bond donors (Lipinski definition) is 2. The van der Waals surface area contributed by atoms with Crippen LogP contribution in [0.2, 0.25) is 0 Å². The number of amides is 1. The van der Waals surface area contributed by atoms with E-state index in [1.165, 1.54) is 6.42 Å². The lowest BCUT2D eigenvalue weighted by atomic mass is 9.80. The summed E-state index contributed by atoms with van der Waals surface area (Å²) in [4.78, 5) is 23.5. The molecule has 4 heteroatoms. The number of carbonyl (C=O) groups excluding carboxylic acids is 1. The standard InChI is InChI=1S/C15H27NO3/c1-10-6-5-7-11(9-8-10)16-13(17)12(14(18)19)15(2,3)4/h10-12H,5-9H2,1-4H3,(H,16,17)(H,18,19). The van der Waals surface area contributed by atoms with Crippen LogP contribution >= 0.6 is 0 Å². The minimum Gasteiger partial charge on any atom is -0.481 e. The predicted octanol–water partition coefficient (Wildman–Crippen LogP) is 2.82. The van der Waals surface area contributed by atoms with Crippen molar-refractivity contribution < 1.29 is 14.7 Å². The predicted molar refractivity (Wildman–Crippen MR) is 74.8 cm³/mol. The van der Waals surface area contributed by atoms with Crippen molar-refractivity contribution >= 4 is 11.9 Å². The van der Waals surface area contributed by atoms with Crippen LogP contribution in [0.3, 0.4) is 0 Å². The third-order valence-corrected chi connectivity index (χ3v) is 3.98. The molecule has 3 unspecified atom stereocenters. The molecule has 1 aliphatic carbocycles. The Morgan fingerprint density at radius 1 is 1.16 bits per heavy atom. The highest BCUT2D eigenvalue weighted by molar-refractivity contribution is 5.97. The smallest absolute Gasteiger partial charge is 0.316 e. The van der Waals surface area contributed by atoms with Crippen molar-refractivity contribution in [1.29, 1.82) is 0 Å². The van der Waals surface area contributed by atoms with Gasteiger partial charge in [0, 0.05) is 6.04 Å². The van der Waals surface area contributed by atoms with E-state index < -0.39 is 17.3 Å². The van der Waals surface area contributed by atoms with Gasteiger partial charge >= 0.3 is 5.97 Å². The molecule has 0 saturated heterocycles. The zero-order valence-electron chi connectivity index (χ0n) is 12.5. The summed E-state index contributed by atoms with van der Waals surface area (Å²) in [6.45, 7) is 7.61. The zero-order chi connectivity index (χ0) is 14.6. The van der Waals surface area contributed by atoms with E-state index in [1.807, 2.05) is 0 Å². The van der Waals surface area contributed by atoms with E-state index in [0.29, 0.717) is 5.92 Å². The molecule has 3 atom stereocenters. The quantitative estimate of drug-likeness (QED) is 0.611. The van der Waals surface area contributed by atoms with Crippen molar-refractivity contribution in [2.75, 3.05) is 0 Å². The van der Waals surface area contributed by atoms with Crippen molar-refractivity contribution in [2.45, 2.75) is 65.8 Å². The second-order valence-corrected chi connectivity index (χ2v) is 6.96. The van der Waals surface area contributed by atoms with Gasteiger partial charge in [-0.1, -0.05) is 40.5 Å². The topological polar surface area (TPSA) is 66.4 Å². The number of aliphatic carboxylic acids is 1. The van der Waals surface area contributed by atoms with Gasteiger partial charge in [-0.25, -0.2) is 0 Å². The van der Waals surface area contributed by atoms with E-state index in [2.05, 4.69) is 12.2 Å². The summed E-state index contributed by atoms with van der Waals surface area (Å²) < 4.78 is 0. The fourth-order valence-electron chi connectivity index (χ4n) is 2.79. The fourth-order valence-corrected chi connectivity index (χ4v) is 2.79. The van der Waals surface area contributed by atoms with Crippen molar-refractivity contribution in [3.8, 4) is 0 Å². The fraction of sp³-hybridized carbons (Fsp3) is 0.867. The van der Waals surface area contributed by atoms with Crippen molar-refractivity contribution in [3.63, 3.8) is 0 Å². The highest BCUT2D eigenvalue weighted by Gasteiger charge is 2.38. The van der Waals surface area contributed by atoms with Gasteiger partial charge < -0.3 is 10.4 Å². The molecule has 1 fully saturated rings. The average molecular weight is 269 g/mol. The SMILES string of the molecule is CC1CCCC(NC(=O)C(C(=O)O)C(C)(C)C)CC1. The molecule has 0 heterocycles. The molecule has 1 saturated carbocycles. The maximum Gasteiger partial charge on any atom is 0.316 e. The Bertz CT molecular complexity index is 333. The molecule has 0 aromatic heterocycles. The summed E-state index contributed by atoms with van der Waals surface area (Å²) in [6.07, 6.45) is 5.35. The van der Waals surface area contributed by atoms with Crippen molar-refractivity contribution in [1.82, 2.24) is 5.32 Å². The third-order valence-electron chi connectivity index (χ3n) is 3.98. The van der Waals surface area contributed by atoms with Crippen LogP contribution in [0.1, 0.15) is 59.8 Å². The van der Waals surface area contributed by atoms with E-state index in [9.17, 15) is 14.7 Å². The first-order chi connectivity index (χ1) is 8.71. The second kappa shape index (κ2) is 6.40. The third kappa shape index (κ3) is 4.84. The molecule has 0 aromatic rings. The van der Waals surface area contributed by atoms with Crippen LogP contribution in [0, 0.1) is 17.3 Å². The number of rotatable bonds is 3. The molecule has 1 amide bonds. The molecular weight excluding hydrogens is 242 g/mol. The molecule has 4 nitrogen and oxygen atoms in total. The normalized spacial score (nSPS) is 26.3. The number of carboxylic acids is 1. The summed E-state index contributed by atoms with van der Waals surface area (Å²) in [5.74, 6) is -1.64. The first-order valence-corrected chi connectivity index (χ1v) is 7.25. The highest BCUT2D eigenvalue weighted by Crippen LogP contribution is 2.28. The second-order valence-electron chi connectivity index (χ2n) is 6.96. The Morgan fingerprint density at radius 3 is 2.32 bits per heavy atom. The van der Waals surface area contributed by atoms with Crippen LogP contribution in [-0.2, 0) is 9.59 Å². The number of carboxylic acid groups (broad SMARTS) is 1.